The number of esters is 1. The number of unbranched alkanes of at least 4 members (excludes halogenated alkanes) is 6. The van der Waals surface area contributed by atoms with Gasteiger partial charge in [-0.3, -0.25) is 0 Å². The molecule has 1 unspecified atom stereocenters. The monoisotopic (exact) mass is 488 g/mol. The molecular weight excluding hydrogens is 447 g/mol. The number of halogens is 1. The maximum absolute atomic E-state index is 14.7. The van der Waals surface area contributed by atoms with Gasteiger partial charge in [0.25, 0.3) is 0 Å². The highest BCUT2D eigenvalue weighted by Gasteiger charge is 2.34. The van der Waals surface area contributed by atoms with Crippen molar-refractivity contribution in [3.05, 3.63) is 78.4 Å². The number of carbonyl (C=O) groups excluding carboxylic acids is 1. The van der Waals surface area contributed by atoms with Crippen molar-refractivity contribution in [1.82, 2.24) is 0 Å². The normalized spacial score (nSPS) is 12.8. The molecule has 0 heterocycles. The summed E-state index contributed by atoms with van der Waals surface area (Å²) in [6.45, 7) is 5.61. The van der Waals surface area contributed by atoms with Crippen LogP contribution in [0.5, 0.6) is 5.75 Å². The molecule has 3 aromatic rings. The largest absolute Gasteiger partial charge is 0.424 e. The van der Waals surface area contributed by atoms with E-state index in [1.165, 1.54) is 50.2 Å². The molecule has 0 fully saturated rings. The van der Waals surface area contributed by atoms with Gasteiger partial charge in [0, 0.05) is 0 Å². The average Bonchev–Trinajstić information content (AvgIpc) is 2.89. The number of hydrogen-bond acceptors (Lipinski definition) is 2. The van der Waals surface area contributed by atoms with Crippen molar-refractivity contribution in [2.45, 2.75) is 90.6 Å². The summed E-state index contributed by atoms with van der Waals surface area (Å²) in [6.07, 6.45) is 10.3. The zero-order valence-corrected chi connectivity index (χ0v) is 22.2. The lowest BCUT2D eigenvalue weighted by Gasteiger charge is -2.18. The van der Waals surface area contributed by atoms with Crippen LogP contribution in [0.2, 0.25) is 0 Å². The smallest absolute Gasteiger partial charge is 0.348 e. The topological polar surface area (TPSA) is 26.3 Å². The van der Waals surface area contributed by atoms with E-state index in [9.17, 15) is 9.18 Å². The molecule has 2 nitrogen and oxygen atoms in total. The fourth-order valence-corrected chi connectivity index (χ4v) is 4.50. The van der Waals surface area contributed by atoms with Gasteiger partial charge >= 0.3 is 5.97 Å². The molecule has 0 radical (unpaired) electrons. The summed E-state index contributed by atoms with van der Waals surface area (Å²) in [5, 5.41) is 0. The van der Waals surface area contributed by atoms with Crippen LogP contribution in [0.25, 0.3) is 22.3 Å². The van der Waals surface area contributed by atoms with E-state index in [4.69, 9.17) is 4.74 Å². The molecule has 0 aliphatic rings. The summed E-state index contributed by atoms with van der Waals surface area (Å²) in [4.78, 5) is 12.4. The van der Waals surface area contributed by atoms with Gasteiger partial charge in [0.05, 0.1) is 0 Å². The number of hydrogen-bond donors (Lipinski definition) is 0. The molecular formula is C33H41FO2. The standard InChI is InChI=1S/C33H41FO2/c1-4-6-8-9-10-14-26-17-19-27(20-18-26)30-15-11-12-16-31(30)28-21-23-29(24-22-28)36-32(35)33(3,34)25-13-7-5-2/h11-12,15-24H,4-10,13-14,25H2,1-3H3. The lowest BCUT2D eigenvalue weighted by atomic mass is 9.93. The Morgan fingerprint density at radius 2 is 1.25 bits per heavy atom. The highest BCUT2D eigenvalue weighted by molar-refractivity contribution is 5.84. The van der Waals surface area contributed by atoms with Crippen LogP contribution in [0.3, 0.4) is 0 Å². The van der Waals surface area contributed by atoms with Crippen LogP contribution in [0.15, 0.2) is 72.8 Å². The molecule has 3 rings (SSSR count). The van der Waals surface area contributed by atoms with E-state index in [0.29, 0.717) is 12.2 Å². The van der Waals surface area contributed by atoms with Crippen molar-refractivity contribution >= 4 is 5.97 Å². The number of rotatable bonds is 14. The lowest BCUT2D eigenvalue weighted by molar-refractivity contribution is -0.147. The molecule has 192 valence electrons. The zero-order valence-electron chi connectivity index (χ0n) is 22.2. The second-order valence-electron chi connectivity index (χ2n) is 9.98. The molecule has 0 amide bonds. The number of aryl methyl sites for hydroxylation is 1. The van der Waals surface area contributed by atoms with Crippen LogP contribution in [-0.2, 0) is 11.2 Å². The van der Waals surface area contributed by atoms with E-state index in [2.05, 4.69) is 56.3 Å². The summed E-state index contributed by atoms with van der Waals surface area (Å²) < 4.78 is 20.1. The molecule has 0 N–H and O–H groups in total. The number of carbonyl (C=O) groups is 1. The molecule has 0 bridgehead atoms. The highest BCUT2D eigenvalue weighted by Crippen LogP contribution is 2.33. The number of alkyl halides is 1. The third-order valence-corrected chi connectivity index (χ3v) is 6.81. The third kappa shape index (κ3) is 8.05. The van der Waals surface area contributed by atoms with Crippen LogP contribution in [0, 0.1) is 0 Å². The molecule has 0 saturated carbocycles. The van der Waals surface area contributed by atoms with E-state index in [1.54, 1.807) is 12.1 Å². The highest BCUT2D eigenvalue weighted by atomic mass is 19.1. The second-order valence-corrected chi connectivity index (χ2v) is 9.98. The molecule has 0 aromatic heterocycles. The van der Waals surface area contributed by atoms with Gasteiger partial charge in [0.1, 0.15) is 5.75 Å². The van der Waals surface area contributed by atoms with Gasteiger partial charge in [-0.2, -0.15) is 0 Å². The van der Waals surface area contributed by atoms with Gasteiger partial charge in [-0.05, 0) is 72.6 Å². The molecule has 3 heteroatoms. The van der Waals surface area contributed by atoms with E-state index in [-0.39, 0.29) is 6.42 Å². The maximum atomic E-state index is 14.7. The summed E-state index contributed by atoms with van der Waals surface area (Å²) in [7, 11) is 0. The second kappa shape index (κ2) is 14.0. The van der Waals surface area contributed by atoms with Crippen LogP contribution in [-0.4, -0.2) is 11.6 Å². The van der Waals surface area contributed by atoms with Gasteiger partial charge in [-0.15, -0.1) is 0 Å². The Morgan fingerprint density at radius 1 is 0.722 bits per heavy atom. The van der Waals surface area contributed by atoms with Crippen molar-refractivity contribution in [1.29, 1.82) is 0 Å². The minimum Gasteiger partial charge on any atom is -0.424 e. The van der Waals surface area contributed by atoms with Gasteiger partial charge in [0.2, 0.25) is 5.67 Å². The summed E-state index contributed by atoms with van der Waals surface area (Å²) >= 11 is 0. The summed E-state index contributed by atoms with van der Waals surface area (Å²) in [5.74, 6) is -0.457. The SMILES string of the molecule is CCCCCCCc1ccc(-c2ccccc2-c2ccc(OC(=O)C(C)(F)CCCCC)cc2)cc1. The average molecular weight is 489 g/mol. The Morgan fingerprint density at radius 3 is 1.83 bits per heavy atom. The Labute approximate surface area is 216 Å². The minimum atomic E-state index is -1.97. The molecule has 36 heavy (non-hydrogen) atoms. The van der Waals surface area contributed by atoms with Crippen molar-refractivity contribution in [2.75, 3.05) is 0 Å². The Bertz CT molecular complexity index is 1070. The Hall–Kier alpha value is -2.94. The van der Waals surface area contributed by atoms with Crippen molar-refractivity contribution < 1.29 is 13.9 Å². The van der Waals surface area contributed by atoms with Crippen LogP contribution in [0.1, 0.15) is 84.1 Å². The predicted octanol–water partition coefficient (Wildman–Crippen LogP) is 9.75. The molecule has 0 saturated heterocycles. The quantitative estimate of drug-likeness (QED) is 0.128. The fourth-order valence-electron chi connectivity index (χ4n) is 4.50. The minimum absolute atomic E-state index is 0.183. The van der Waals surface area contributed by atoms with Crippen LogP contribution < -0.4 is 4.74 Å². The maximum Gasteiger partial charge on any atom is 0.348 e. The first-order chi connectivity index (χ1) is 17.4. The Kier molecular flexibility index (Phi) is 10.7. The lowest BCUT2D eigenvalue weighted by Crippen LogP contribution is -2.34. The van der Waals surface area contributed by atoms with E-state index in [0.717, 1.165) is 36.0 Å². The van der Waals surface area contributed by atoms with E-state index >= 15 is 0 Å². The number of ether oxygens (including phenoxy) is 1. The molecule has 3 aromatic carbocycles. The Balaban J connectivity index is 1.67. The molecule has 1 atom stereocenters. The first-order valence-corrected chi connectivity index (χ1v) is 13.6. The predicted molar refractivity (Wildman–Crippen MR) is 149 cm³/mol. The first kappa shape index (κ1) is 27.6. The van der Waals surface area contributed by atoms with Gasteiger partial charge in [0.15, 0.2) is 0 Å². The van der Waals surface area contributed by atoms with Crippen molar-refractivity contribution in [3.8, 4) is 28.0 Å². The van der Waals surface area contributed by atoms with Gasteiger partial charge in [-0.1, -0.05) is 113 Å². The van der Waals surface area contributed by atoms with E-state index in [1.807, 2.05) is 18.2 Å². The first-order valence-electron chi connectivity index (χ1n) is 13.6. The zero-order chi connectivity index (χ0) is 25.8. The fraction of sp³-hybridized carbons (Fsp3) is 0.424. The molecule has 0 aliphatic carbocycles. The third-order valence-electron chi connectivity index (χ3n) is 6.81. The summed E-state index contributed by atoms with van der Waals surface area (Å²) in [6, 6.07) is 24.6. The molecule has 0 aliphatic heterocycles. The van der Waals surface area contributed by atoms with Gasteiger partial charge in [-0.25, -0.2) is 9.18 Å². The number of benzene rings is 3. The van der Waals surface area contributed by atoms with E-state index < -0.39 is 11.6 Å². The molecule has 0 spiro atoms. The summed E-state index contributed by atoms with van der Waals surface area (Å²) in [5.41, 5.74) is 3.88. The van der Waals surface area contributed by atoms with Crippen molar-refractivity contribution in [2.24, 2.45) is 0 Å². The van der Waals surface area contributed by atoms with Crippen molar-refractivity contribution in [3.63, 3.8) is 0 Å². The van der Waals surface area contributed by atoms with Gasteiger partial charge < -0.3 is 4.74 Å². The van der Waals surface area contributed by atoms with Crippen LogP contribution in [0.4, 0.5) is 4.39 Å². The van der Waals surface area contributed by atoms with Crippen LogP contribution >= 0.6 is 0 Å².